The van der Waals surface area contributed by atoms with E-state index in [2.05, 4.69) is 43.0 Å². The Morgan fingerprint density at radius 3 is 2.55 bits per heavy atom. The maximum atomic E-state index is 13.2. The smallest absolute Gasteiger partial charge is 0.253 e. The highest BCUT2D eigenvalue weighted by molar-refractivity contribution is 5.94. The van der Waals surface area contributed by atoms with Crippen LogP contribution in [0.5, 0.6) is 0 Å². The number of amides is 1. The van der Waals surface area contributed by atoms with Gasteiger partial charge in [-0.05, 0) is 49.8 Å². The van der Waals surface area contributed by atoms with Crippen LogP contribution in [0.25, 0.3) is 11.3 Å². The first-order valence-electron chi connectivity index (χ1n) is 10.9. The van der Waals surface area contributed by atoms with Crippen molar-refractivity contribution in [2.45, 2.75) is 58.8 Å². The summed E-state index contributed by atoms with van der Waals surface area (Å²) in [7, 11) is 0. The average Bonchev–Trinajstić information content (AvgIpc) is 3.19. The first-order valence-corrected chi connectivity index (χ1v) is 10.9. The summed E-state index contributed by atoms with van der Waals surface area (Å²) in [6.07, 6.45) is 3.72. The third kappa shape index (κ3) is 4.53. The van der Waals surface area contributed by atoms with Gasteiger partial charge < -0.3 is 9.42 Å². The number of aromatic nitrogens is 3. The van der Waals surface area contributed by atoms with Crippen molar-refractivity contribution in [1.29, 1.82) is 0 Å². The number of hydrogen-bond acceptors (Lipinski definition) is 5. The number of benzene rings is 1. The van der Waals surface area contributed by atoms with E-state index in [1.54, 1.807) is 0 Å². The van der Waals surface area contributed by atoms with Gasteiger partial charge in [-0.15, -0.1) is 0 Å². The van der Waals surface area contributed by atoms with E-state index in [1.165, 1.54) is 5.56 Å². The van der Waals surface area contributed by atoms with Gasteiger partial charge in [-0.3, -0.25) is 4.79 Å². The Kier molecular flexibility index (Phi) is 5.65. The van der Waals surface area contributed by atoms with Crippen LogP contribution in [-0.4, -0.2) is 39.0 Å². The van der Waals surface area contributed by atoms with E-state index in [1.807, 2.05) is 43.1 Å². The van der Waals surface area contributed by atoms with Crippen molar-refractivity contribution in [2.75, 3.05) is 13.1 Å². The number of hydrogen-bond donors (Lipinski definition) is 0. The summed E-state index contributed by atoms with van der Waals surface area (Å²) in [6.45, 7) is 11.7. The Labute approximate surface area is 183 Å². The summed E-state index contributed by atoms with van der Waals surface area (Å²) < 4.78 is 5.49. The predicted molar refractivity (Wildman–Crippen MR) is 120 cm³/mol. The van der Waals surface area contributed by atoms with Crippen LogP contribution in [0.2, 0.25) is 0 Å². The molecule has 1 amide bonds. The zero-order valence-corrected chi connectivity index (χ0v) is 19.0. The molecule has 0 N–H and O–H groups in total. The van der Waals surface area contributed by atoms with Gasteiger partial charge >= 0.3 is 0 Å². The number of carbonyl (C=O) groups excluding carboxylic acids is 1. The fourth-order valence-electron chi connectivity index (χ4n) is 4.16. The molecule has 162 valence electrons. The second-order valence-electron chi connectivity index (χ2n) is 9.47. The van der Waals surface area contributed by atoms with Crippen LogP contribution in [0.4, 0.5) is 0 Å². The topological polar surface area (TPSA) is 72.1 Å². The number of likely N-dealkylation sites (tertiary alicyclic amines) is 1. The molecule has 1 aliphatic rings. The van der Waals surface area contributed by atoms with Gasteiger partial charge in [0, 0.05) is 36.8 Å². The molecule has 3 heterocycles. The highest BCUT2D eigenvalue weighted by atomic mass is 16.5. The zero-order chi connectivity index (χ0) is 22.2. The molecule has 4 rings (SSSR count). The maximum Gasteiger partial charge on any atom is 0.253 e. The molecule has 0 saturated carbocycles. The summed E-state index contributed by atoms with van der Waals surface area (Å²) in [5, 5.41) is 4.01. The normalized spacial score (nSPS) is 17.1. The van der Waals surface area contributed by atoms with Crippen LogP contribution in [0.3, 0.4) is 0 Å². The van der Waals surface area contributed by atoms with Crippen LogP contribution in [0.1, 0.15) is 72.7 Å². The van der Waals surface area contributed by atoms with Crippen molar-refractivity contribution < 1.29 is 9.32 Å². The number of nitrogens with zero attached hydrogens (tertiary/aromatic N) is 4. The highest BCUT2D eigenvalue weighted by Gasteiger charge is 2.29. The first kappa shape index (κ1) is 21.2. The summed E-state index contributed by atoms with van der Waals surface area (Å²) in [4.78, 5) is 24.3. The number of rotatable bonds is 3. The molecule has 3 aromatic rings. The minimum Gasteiger partial charge on any atom is -0.356 e. The molecule has 1 aliphatic heterocycles. The Balaban J connectivity index is 1.58. The minimum atomic E-state index is 0.0676. The Morgan fingerprint density at radius 2 is 1.90 bits per heavy atom. The third-order valence-electron chi connectivity index (χ3n) is 5.93. The third-order valence-corrected chi connectivity index (χ3v) is 5.93. The quantitative estimate of drug-likeness (QED) is 0.594. The standard InChI is InChI=1S/C25H30N4O2/c1-16-13-22(31-28-16)21-14-26-17(2)27-23(21)19-7-6-12-29(15-19)24(30)18-8-10-20(11-9-18)25(3,4)5/h8-11,13-14,19H,6-7,12,15H2,1-5H3. The van der Waals surface area contributed by atoms with Crippen LogP contribution in [0, 0.1) is 13.8 Å². The van der Waals surface area contributed by atoms with Crippen molar-refractivity contribution in [3.63, 3.8) is 0 Å². The minimum absolute atomic E-state index is 0.0676. The summed E-state index contributed by atoms with van der Waals surface area (Å²) in [5.74, 6) is 1.60. The molecule has 1 unspecified atom stereocenters. The van der Waals surface area contributed by atoms with Crippen molar-refractivity contribution in [1.82, 2.24) is 20.0 Å². The molecular formula is C25H30N4O2. The van der Waals surface area contributed by atoms with E-state index in [-0.39, 0.29) is 17.2 Å². The lowest BCUT2D eigenvalue weighted by molar-refractivity contribution is 0.0706. The van der Waals surface area contributed by atoms with Crippen molar-refractivity contribution in [3.8, 4) is 11.3 Å². The molecule has 1 saturated heterocycles. The van der Waals surface area contributed by atoms with E-state index < -0.39 is 0 Å². The lowest BCUT2D eigenvalue weighted by atomic mass is 9.86. The zero-order valence-electron chi connectivity index (χ0n) is 19.0. The lowest BCUT2D eigenvalue weighted by Crippen LogP contribution is -2.39. The van der Waals surface area contributed by atoms with Gasteiger partial charge in [0.25, 0.3) is 5.91 Å². The second kappa shape index (κ2) is 8.25. The molecular weight excluding hydrogens is 388 g/mol. The molecule has 31 heavy (non-hydrogen) atoms. The Hall–Kier alpha value is -3.02. The van der Waals surface area contributed by atoms with Gasteiger partial charge in [0.05, 0.1) is 17.0 Å². The molecule has 6 heteroatoms. The summed E-state index contributed by atoms with van der Waals surface area (Å²) in [5.41, 5.74) is 4.64. The molecule has 6 nitrogen and oxygen atoms in total. The molecule has 2 aromatic heterocycles. The van der Waals surface area contributed by atoms with E-state index in [0.717, 1.165) is 47.7 Å². The van der Waals surface area contributed by atoms with Gasteiger partial charge in [0.2, 0.25) is 0 Å². The van der Waals surface area contributed by atoms with Crippen molar-refractivity contribution in [3.05, 3.63) is 64.9 Å². The molecule has 0 aliphatic carbocycles. The number of carbonyl (C=O) groups is 1. The predicted octanol–water partition coefficient (Wildman–Crippen LogP) is 5.07. The van der Waals surface area contributed by atoms with Gasteiger partial charge in [-0.25, -0.2) is 9.97 Å². The Bertz CT molecular complexity index is 1080. The van der Waals surface area contributed by atoms with E-state index in [9.17, 15) is 4.79 Å². The van der Waals surface area contributed by atoms with Gasteiger partial charge in [0.1, 0.15) is 5.82 Å². The summed E-state index contributed by atoms with van der Waals surface area (Å²) in [6, 6.07) is 9.92. The second-order valence-corrected chi connectivity index (χ2v) is 9.47. The molecule has 1 aromatic carbocycles. The van der Waals surface area contributed by atoms with Gasteiger partial charge in [0.15, 0.2) is 5.76 Å². The van der Waals surface area contributed by atoms with Gasteiger partial charge in [-0.2, -0.15) is 0 Å². The SMILES string of the molecule is Cc1cc(-c2cnc(C)nc2C2CCCN(C(=O)c3ccc(C(C)(C)C)cc3)C2)on1. The van der Waals surface area contributed by atoms with E-state index in [4.69, 9.17) is 9.51 Å². The molecule has 0 spiro atoms. The van der Waals surface area contributed by atoms with Crippen LogP contribution in [-0.2, 0) is 5.41 Å². The van der Waals surface area contributed by atoms with Crippen molar-refractivity contribution in [2.24, 2.45) is 0 Å². The molecule has 0 bridgehead atoms. The lowest BCUT2D eigenvalue weighted by Gasteiger charge is -2.33. The van der Waals surface area contributed by atoms with Gasteiger partial charge in [-0.1, -0.05) is 38.1 Å². The first-order chi connectivity index (χ1) is 14.7. The van der Waals surface area contributed by atoms with E-state index >= 15 is 0 Å². The fourth-order valence-corrected chi connectivity index (χ4v) is 4.16. The summed E-state index contributed by atoms with van der Waals surface area (Å²) >= 11 is 0. The molecule has 1 atom stereocenters. The monoisotopic (exact) mass is 418 g/mol. The molecule has 1 fully saturated rings. The number of aryl methyl sites for hydroxylation is 2. The highest BCUT2D eigenvalue weighted by Crippen LogP contribution is 2.34. The Morgan fingerprint density at radius 1 is 1.16 bits per heavy atom. The maximum absolute atomic E-state index is 13.2. The van der Waals surface area contributed by atoms with Crippen LogP contribution < -0.4 is 0 Å². The fraction of sp³-hybridized carbons (Fsp3) is 0.440. The van der Waals surface area contributed by atoms with Crippen molar-refractivity contribution >= 4 is 5.91 Å². The van der Waals surface area contributed by atoms with Crippen LogP contribution >= 0.6 is 0 Å². The van der Waals surface area contributed by atoms with Crippen LogP contribution in [0.15, 0.2) is 41.1 Å². The average molecular weight is 419 g/mol. The largest absolute Gasteiger partial charge is 0.356 e. The van der Waals surface area contributed by atoms with E-state index in [0.29, 0.717) is 12.3 Å². The molecule has 0 radical (unpaired) electrons. The number of piperidine rings is 1.